The fourth-order valence-corrected chi connectivity index (χ4v) is 2.41. The summed E-state index contributed by atoms with van der Waals surface area (Å²) in [6.07, 6.45) is 7.19. The summed E-state index contributed by atoms with van der Waals surface area (Å²) < 4.78 is 7.37. The molecule has 1 aromatic carbocycles. The van der Waals surface area contributed by atoms with Gasteiger partial charge in [-0.3, -0.25) is 0 Å². The topological polar surface area (TPSA) is 28.9 Å². The van der Waals surface area contributed by atoms with E-state index in [1.54, 1.807) is 7.11 Å². The van der Waals surface area contributed by atoms with E-state index in [4.69, 9.17) is 4.74 Å². The molecule has 2 heterocycles. The Hall–Kier alpha value is -1.56. The number of hydrogen-bond acceptors (Lipinski definition) is 1. The molecule has 104 valence electrons. The quantitative estimate of drug-likeness (QED) is 0.486. The molecule has 0 aliphatic rings. The van der Waals surface area contributed by atoms with Gasteiger partial charge in [0.25, 0.3) is 0 Å². The van der Waals surface area contributed by atoms with Crippen molar-refractivity contribution < 1.29 is 33.3 Å². The Balaban J connectivity index is 0.00000147. The fourth-order valence-electron chi connectivity index (χ4n) is 2.41. The molecule has 0 atom stereocenters. The van der Waals surface area contributed by atoms with Crippen LogP contribution in [0.4, 0.5) is 0 Å². The summed E-state index contributed by atoms with van der Waals surface area (Å²) >= 11 is 0. The third-order valence-electron chi connectivity index (χ3n) is 3.37. The van der Waals surface area contributed by atoms with Crippen molar-refractivity contribution in [2.45, 2.75) is 6.42 Å². The first kappa shape index (κ1) is 14.8. The van der Waals surface area contributed by atoms with Crippen LogP contribution in [0, 0.1) is 0 Å². The van der Waals surface area contributed by atoms with Crippen LogP contribution in [0.3, 0.4) is 0 Å². The molecule has 0 radical (unpaired) electrons. The smallest absolute Gasteiger partial charge is 0.172 e. The largest absolute Gasteiger partial charge is 1.00 e. The molecule has 0 fully saturated rings. The van der Waals surface area contributed by atoms with E-state index in [0.29, 0.717) is 0 Å². The van der Waals surface area contributed by atoms with Crippen LogP contribution in [0.25, 0.3) is 10.9 Å². The Kier molecular flexibility index (Phi) is 4.65. The lowest BCUT2D eigenvalue weighted by Gasteiger charge is -2.02. The molecule has 3 rings (SSSR count). The zero-order chi connectivity index (χ0) is 13.2. The SMILES string of the molecule is COc1ccc2[nH]cc(Cc3ccc[n+](C)c3)c2c1.[I-]. The number of aromatic nitrogens is 2. The number of hydrogen-bond donors (Lipinski definition) is 1. The molecule has 0 aliphatic heterocycles. The highest BCUT2D eigenvalue weighted by Gasteiger charge is 2.07. The van der Waals surface area contributed by atoms with Crippen LogP contribution in [-0.2, 0) is 13.5 Å². The van der Waals surface area contributed by atoms with E-state index in [1.165, 1.54) is 16.5 Å². The molecule has 20 heavy (non-hydrogen) atoms. The number of methoxy groups -OCH3 is 1. The van der Waals surface area contributed by atoms with Gasteiger partial charge in [-0.2, -0.15) is 0 Å². The highest BCUT2D eigenvalue weighted by Crippen LogP contribution is 2.25. The lowest BCUT2D eigenvalue weighted by molar-refractivity contribution is -0.671. The van der Waals surface area contributed by atoms with Crippen LogP contribution in [-0.4, -0.2) is 12.1 Å². The summed E-state index contributed by atoms with van der Waals surface area (Å²) in [5.74, 6) is 0.895. The minimum Gasteiger partial charge on any atom is -1.00 e. The van der Waals surface area contributed by atoms with Gasteiger partial charge in [0.05, 0.1) is 7.11 Å². The molecule has 0 saturated heterocycles. The normalized spacial score (nSPS) is 10.3. The fraction of sp³-hybridized carbons (Fsp3) is 0.188. The van der Waals surface area contributed by atoms with Gasteiger partial charge in [0.1, 0.15) is 12.8 Å². The lowest BCUT2D eigenvalue weighted by Crippen LogP contribution is -3.00. The molecular weight excluding hydrogens is 363 g/mol. The molecule has 0 bridgehead atoms. The first-order valence-corrected chi connectivity index (χ1v) is 6.34. The Labute approximate surface area is 135 Å². The average molecular weight is 380 g/mol. The minimum absolute atomic E-state index is 0. The maximum Gasteiger partial charge on any atom is 0.172 e. The predicted octanol–water partition coefficient (Wildman–Crippen LogP) is -0.404. The number of halogens is 1. The molecule has 0 unspecified atom stereocenters. The number of fused-ring (bicyclic) bond motifs is 1. The standard InChI is InChI=1S/C16H17N2O.HI/c1-18-7-3-4-12(11-18)8-13-10-17-16-6-5-14(19-2)9-15(13)16;/h3-7,9-11,17H,8H2,1-2H3;1H/q+1;/p-1. The van der Waals surface area contributed by atoms with E-state index in [-0.39, 0.29) is 24.0 Å². The number of benzene rings is 1. The van der Waals surface area contributed by atoms with Gasteiger partial charge in [0.2, 0.25) is 0 Å². The zero-order valence-electron chi connectivity index (χ0n) is 11.6. The predicted molar refractivity (Wildman–Crippen MR) is 75.3 cm³/mol. The first-order valence-electron chi connectivity index (χ1n) is 6.34. The van der Waals surface area contributed by atoms with Gasteiger partial charge >= 0.3 is 0 Å². The summed E-state index contributed by atoms with van der Waals surface area (Å²) in [6, 6.07) is 10.3. The summed E-state index contributed by atoms with van der Waals surface area (Å²) in [5.41, 5.74) is 3.74. The first-order chi connectivity index (χ1) is 9.26. The monoisotopic (exact) mass is 380 g/mol. The number of ether oxygens (including phenoxy) is 1. The van der Waals surface area contributed by atoms with Crippen molar-refractivity contribution in [3.8, 4) is 5.75 Å². The third kappa shape index (κ3) is 2.95. The van der Waals surface area contributed by atoms with Crippen molar-refractivity contribution in [3.05, 3.63) is 60.0 Å². The van der Waals surface area contributed by atoms with E-state index in [0.717, 1.165) is 17.7 Å². The van der Waals surface area contributed by atoms with Crippen molar-refractivity contribution in [2.24, 2.45) is 7.05 Å². The Morgan fingerprint density at radius 1 is 1.25 bits per heavy atom. The van der Waals surface area contributed by atoms with E-state index >= 15 is 0 Å². The molecule has 3 nitrogen and oxygen atoms in total. The minimum atomic E-state index is 0. The van der Waals surface area contributed by atoms with Crippen LogP contribution < -0.4 is 33.3 Å². The molecular formula is C16H17IN2O. The van der Waals surface area contributed by atoms with Gasteiger partial charge < -0.3 is 33.7 Å². The van der Waals surface area contributed by atoms with Gasteiger partial charge in [-0.1, -0.05) is 0 Å². The Morgan fingerprint density at radius 2 is 2.10 bits per heavy atom. The number of aromatic amines is 1. The molecule has 2 aromatic heterocycles. The van der Waals surface area contributed by atoms with Crippen LogP contribution in [0.1, 0.15) is 11.1 Å². The molecule has 0 spiro atoms. The van der Waals surface area contributed by atoms with Crippen molar-refractivity contribution in [1.29, 1.82) is 0 Å². The van der Waals surface area contributed by atoms with Crippen LogP contribution in [0.5, 0.6) is 5.75 Å². The Morgan fingerprint density at radius 3 is 2.85 bits per heavy atom. The number of rotatable bonds is 3. The summed E-state index contributed by atoms with van der Waals surface area (Å²) in [5, 5.41) is 1.23. The van der Waals surface area contributed by atoms with Crippen molar-refractivity contribution in [2.75, 3.05) is 7.11 Å². The van der Waals surface area contributed by atoms with E-state index < -0.39 is 0 Å². The van der Waals surface area contributed by atoms with Crippen molar-refractivity contribution >= 4 is 10.9 Å². The number of aryl methyl sites for hydroxylation is 1. The average Bonchev–Trinajstić information content (AvgIpc) is 2.81. The zero-order valence-corrected chi connectivity index (χ0v) is 13.7. The van der Waals surface area contributed by atoms with Gasteiger partial charge in [-0.25, -0.2) is 4.57 Å². The molecule has 1 N–H and O–H groups in total. The molecule has 0 amide bonds. The Bertz CT molecular complexity index is 721. The maximum atomic E-state index is 5.30. The molecule has 0 aliphatic carbocycles. The van der Waals surface area contributed by atoms with Gasteiger partial charge in [-0.15, -0.1) is 0 Å². The highest BCUT2D eigenvalue weighted by molar-refractivity contribution is 5.84. The number of pyridine rings is 1. The number of nitrogens with zero attached hydrogens (tertiary/aromatic N) is 1. The van der Waals surface area contributed by atoms with E-state index in [9.17, 15) is 0 Å². The third-order valence-corrected chi connectivity index (χ3v) is 3.37. The van der Waals surface area contributed by atoms with Crippen molar-refractivity contribution in [1.82, 2.24) is 4.98 Å². The summed E-state index contributed by atoms with van der Waals surface area (Å²) in [6.45, 7) is 0. The molecule has 4 heteroatoms. The van der Waals surface area contributed by atoms with Crippen LogP contribution >= 0.6 is 0 Å². The second kappa shape index (κ2) is 6.26. The van der Waals surface area contributed by atoms with Gasteiger partial charge in [-0.05, 0) is 29.8 Å². The molecule has 0 saturated carbocycles. The number of nitrogens with one attached hydrogen (secondary N) is 1. The molecule has 3 aromatic rings. The van der Waals surface area contributed by atoms with E-state index in [1.807, 2.05) is 19.3 Å². The lowest BCUT2D eigenvalue weighted by atomic mass is 10.1. The second-order valence-corrected chi connectivity index (χ2v) is 4.78. The maximum absolute atomic E-state index is 5.30. The highest BCUT2D eigenvalue weighted by atomic mass is 127. The van der Waals surface area contributed by atoms with Crippen LogP contribution in [0.15, 0.2) is 48.9 Å². The van der Waals surface area contributed by atoms with Crippen molar-refractivity contribution in [3.63, 3.8) is 0 Å². The second-order valence-electron chi connectivity index (χ2n) is 4.78. The summed E-state index contributed by atoms with van der Waals surface area (Å²) in [4.78, 5) is 3.31. The van der Waals surface area contributed by atoms with Gasteiger partial charge in [0, 0.05) is 35.2 Å². The number of H-pyrrole nitrogens is 1. The van der Waals surface area contributed by atoms with Crippen LogP contribution in [0.2, 0.25) is 0 Å². The van der Waals surface area contributed by atoms with E-state index in [2.05, 4.69) is 46.2 Å². The summed E-state index contributed by atoms with van der Waals surface area (Å²) in [7, 11) is 3.74. The van der Waals surface area contributed by atoms with Gasteiger partial charge in [0.15, 0.2) is 12.4 Å².